The van der Waals surface area contributed by atoms with Crippen LogP contribution in [0.25, 0.3) is 10.1 Å². The number of fused-ring (bicyclic) bond motifs is 1. The van der Waals surface area contributed by atoms with Crippen molar-refractivity contribution in [3.63, 3.8) is 0 Å². The number of sulfonamides is 1. The molecule has 4 rings (SSSR count). The minimum Gasteiger partial charge on any atom is -0.339 e. The van der Waals surface area contributed by atoms with Crippen molar-refractivity contribution >= 4 is 72.4 Å². The van der Waals surface area contributed by atoms with E-state index in [1.54, 1.807) is 11.8 Å². The van der Waals surface area contributed by atoms with Crippen molar-refractivity contribution in [2.24, 2.45) is 5.92 Å². The second kappa shape index (κ2) is 12.4. The van der Waals surface area contributed by atoms with Crippen LogP contribution in [0.2, 0.25) is 10.0 Å². The molecule has 9 nitrogen and oxygen atoms in total. The van der Waals surface area contributed by atoms with Gasteiger partial charge >= 0.3 is 0 Å². The van der Waals surface area contributed by atoms with E-state index in [0.29, 0.717) is 9.90 Å². The van der Waals surface area contributed by atoms with Gasteiger partial charge in [-0.2, -0.15) is 0 Å². The zero-order valence-electron chi connectivity index (χ0n) is 22.2. The van der Waals surface area contributed by atoms with Gasteiger partial charge in [0.15, 0.2) is 0 Å². The second-order valence-corrected chi connectivity index (χ2v) is 13.6. The maximum atomic E-state index is 13.5. The summed E-state index contributed by atoms with van der Waals surface area (Å²) < 4.78 is 28.6. The maximum Gasteiger partial charge on any atom is 0.262 e. The molecule has 3 aromatic rings. The van der Waals surface area contributed by atoms with Crippen LogP contribution < -0.4 is 10.0 Å². The molecule has 0 saturated carbocycles. The smallest absolute Gasteiger partial charge is 0.262 e. The molecule has 1 aliphatic heterocycles. The number of hydrogen-bond donors (Lipinski definition) is 2. The van der Waals surface area contributed by atoms with E-state index in [0.717, 1.165) is 10.1 Å². The molecule has 1 aromatic heterocycles. The zero-order valence-corrected chi connectivity index (χ0v) is 25.3. The highest BCUT2D eigenvalue weighted by Crippen LogP contribution is 2.26. The first-order valence-corrected chi connectivity index (χ1v) is 15.8. The zero-order chi connectivity index (χ0) is 29.2. The lowest BCUT2D eigenvalue weighted by Crippen LogP contribution is -2.60. The van der Waals surface area contributed by atoms with Crippen LogP contribution in [0, 0.1) is 5.92 Å². The third-order valence-corrected chi connectivity index (χ3v) is 9.96. The van der Waals surface area contributed by atoms with Crippen molar-refractivity contribution in [1.82, 2.24) is 19.8 Å². The van der Waals surface area contributed by atoms with Gasteiger partial charge < -0.3 is 15.1 Å². The van der Waals surface area contributed by atoms with Crippen LogP contribution in [-0.4, -0.2) is 74.2 Å². The lowest BCUT2D eigenvalue weighted by molar-refractivity contribution is -0.143. The fourth-order valence-corrected chi connectivity index (χ4v) is 7.28. The molecule has 0 aliphatic carbocycles. The van der Waals surface area contributed by atoms with Gasteiger partial charge in [-0.05, 0) is 48.6 Å². The Bertz CT molecular complexity index is 1510. The molecule has 2 aromatic carbocycles. The Balaban J connectivity index is 1.36. The number of carbonyl (C=O) groups is 3. The number of halogens is 2. The molecule has 0 radical (unpaired) electrons. The SMILES string of the molecule is CC(C)C(NC(=O)c1cc2ccccc2s1)C(=O)N1CCN(C(=O)CNS(=O)(=O)c2ccc(Cl)cc2Cl)C(C)C1. The predicted octanol–water partition coefficient (Wildman–Crippen LogP) is 4.00. The Morgan fingerprint density at radius 3 is 2.45 bits per heavy atom. The first-order chi connectivity index (χ1) is 18.9. The average molecular weight is 626 g/mol. The lowest BCUT2D eigenvalue weighted by atomic mass is 10.0. The van der Waals surface area contributed by atoms with Crippen molar-refractivity contribution in [2.75, 3.05) is 26.2 Å². The molecule has 1 aliphatic rings. The Morgan fingerprint density at radius 1 is 1.07 bits per heavy atom. The van der Waals surface area contributed by atoms with Crippen LogP contribution in [0.5, 0.6) is 0 Å². The summed E-state index contributed by atoms with van der Waals surface area (Å²) in [5.74, 6) is -1.11. The van der Waals surface area contributed by atoms with Crippen LogP contribution in [-0.2, 0) is 19.6 Å². The number of hydrogen-bond acceptors (Lipinski definition) is 6. The van der Waals surface area contributed by atoms with Crippen molar-refractivity contribution in [1.29, 1.82) is 0 Å². The Labute approximate surface area is 247 Å². The Morgan fingerprint density at radius 2 is 1.80 bits per heavy atom. The van der Waals surface area contributed by atoms with Crippen molar-refractivity contribution < 1.29 is 22.8 Å². The molecule has 13 heteroatoms. The summed E-state index contributed by atoms with van der Waals surface area (Å²) in [4.78, 5) is 42.9. The number of nitrogens with zero attached hydrogens (tertiary/aromatic N) is 2. The molecular weight excluding hydrogens is 595 g/mol. The van der Waals surface area contributed by atoms with E-state index >= 15 is 0 Å². The van der Waals surface area contributed by atoms with E-state index in [9.17, 15) is 22.8 Å². The lowest BCUT2D eigenvalue weighted by Gasteiger charge is -2.41. The largest absolute Gasteiger partial charge is 0.339 e. The van der Waals surface area contributed by atoms with Crippen LogP contribution in [0.1, 0.15) is 30.4 Å². The normalized spacial score (nSPS) is 16.8. The highest BCUT2D eigenvalue weighted by molar-refractivity contribution is 7.89. The average Bonchev–Trinajstić information content (AvgIpc) is 3.34. The van der Waals surface area contributed by atoms with Crippen molar-refractivity contribution in [3.05, 3.63) is 63.5 Å². The quantitative estimate of drug-likeness (QED) is 0.393. The van der Waals surface area contributed by atoms with E-state index in [1.165, 1.54) is 34.4 Å². The second-order valence-electron chi connectivity index (χ2n) is 9.96. The molecule has 40 heavy (non-hydrogen) atoms. The number of benzene rings is 2. The third-order valence-electron chi connectivity index (χ3n) is 6.72. The summed E-state index contributed by atoms with van der Waals surface area (Å²) in [6.45, 7) is 5.81. The van der Waals surface area contributed by atoms with Gasteiger partial charge in [-0.1, -0.05) is 55.2 Å². The van der Waals surface area contributed by atoms with E-state index in [4.69, 9.17) is 23.2 Å². The molecule has 2 heterocycles. The van der Waals surface area contributed by atoms with Gasteiger partial charge in [-0.3, -0.25) is 14.4 Å². The van der Waals surface area contributed by atoms with Gasteiger partial charge in [-0.15, -0.1) is 11.3 Å². The van der Waals surface area contributed by atoms with E-state index in [-0.39, 0.29) is 53.3 Å². The topological polar surface area (TPSA) is 116 Å². The summed E-state index contributed by atoms with van der Waals surface area (Å²) in [5, 5.41) is 4.12. The highest BCUT2D eigenvalue weighted by Gasteiger charge is 2.35. The minimum absolute atomic E-state index is 0.0490. The molecule has 2 unspecified atom stereocenters. The number of thiophene rings is 1. The molecule has 214 valence electrons. The van der Waals surface area contributed by atoms with Crippen LogP contribution in [0.15, 0.2) is 53.4 Å². The van der Waals surface area contributed by atoms with Crippen molar-refractivity contribution in [2.45, 2.75) is 37.8 Å². The number of amides is 3. The minimum atomic E-state index is -4.04. The first kappa shape index (κ1) is 30.3. The van der Waals surface area contributed by atoms with Gasteiger partial charge in [0.1, 0.15) is 10.9 Å². The fraction of sp³-hybridized carbons (Fsp3) is 0.370. The molecule has 2 N–H and O–H groups in total. The maximum absolute atomic E-state index is 13.5. The van der Waals surface area contributed by atoms with E-state index in [2.05, 4.69) is 10.0 Å². The number of rotatable bonds is 8. The monoisotopic (exact) mass is 624 g/mol. The molecule has 0 spiro atoms. The van der Waals surface area contributed by atoms with Gasteiger partial charge in [0, 0.05) is 35.4 Å². The summed E-state index contributed by atoms with van der Waals surface area (Å²) in [7, 11) is -4.04. The van der Waals surface area contributed by atoms with Crippen LogP contribution >= 0.6 is 34.5 Å². The molecule has 1 fully saturated rings. The number of nitrogens with one attached hydrogen (secondary N) is 2. The number of carbonyl (C=O) groups excluding carboxylic acids is 3. The predicted molar refractivity (Wildman–Crippen MR) is 157 cm³/mol. The molecule has 3 amide bonds. The summed E-state index contributed by atoms with van der Waals surface area (Å²) in [5.41, 5.74) is 0. The van der Waals surface area contributed by atoms with Crippen LogP contribution in [0.3, 0.4) is 0 Å². The van der Waals surface area contributed by atoms with Crippen molar-refractivity contribution in [3.8, 4) is 0 Å². The highest BCUT2D eigenvalue weighted by atomic mass is 35.5. The van der Waals surface area contributed by atoms with Gasteiger partial charge in [0.2, 0.25) is 21.8 Å². The van der Waals surface area contributed by atoms with Gasteiger partial charge in [0.05, 0.1) is 16.4 Å². The summed E-state index contributed by atoms with van der Waals surface area (Å²) >= 11 is 13.2. The van der Waals surface area contributed by atoms with E-state index < -0.39 is 28.5 Å². The van der Waals surface area contributed by atoms with Gasteiger partial charge in [-0.25, -0.2) is 13.1 Å². The fourth-order valence-electron chi connectivity index (χ4n) is 4.57. The van der Waals surface area contributed by atoms with E-state index in [1.807, 2.05) is 44.2 Å². The number of piperazine rings is 1. The third kappa shape index (κ3) is 6.77. The first-order valence-electron chi connectivity index (χ1n) is 12.7. The standard InChI is InChI=1S/C27H30Cl2N4O5S2/c1-16(2)25(31-26(35)22-12-18-6-4-5-7-21(18)39-22)27(36)32-10-11-33(17(3)15-32)24(34)14-30-40(37,38)23-9-8-19(28)13-20(23)29/h4-9,12-13,16-17,25,30H,10-11,14-15H2,1-3H3,(H,31,35). The summed E-state index contributed by atoms with van der Waals surface area (Å²) in [6, 6.07) is 12.4. The molecule has 0 bridgehead atoms. The molecule has 1 saturated heterocycles. The Kier molecular flexibility index (Phi) is 9.41. The molecule has 2 atom stereocenters. The summed E-state index contributed by atoms with van der Waals surface area (Å²) in [6.07, 6.45) is 0. The van der Waals surface area contributed by atoms with Gasteiger partial charge in [0.25, 0.3) is 5.91 Å². The molecular formula is C27H30Cl2N4O5S2. The Hall–Kier alpha value is -2.70. The van der Waals surface area contributed by atoms with Crippen LogP contribution in [0.4, 0.5) is 0 Å².